The summed E-state index contributed by atoms with van der Waals surface area (Å²) in [4.78, 5) is 6.89. The molecule has 0 aromatic carbocycles. The first kappa shape index (κ1) is 12.4. The maximum Gasteiger partial charge on any atom is 0.125 e. The summed E-state index contributed by atoms with van der Waals surface area (Å²) in [7, 11) is 1.92. The van der Waals surface area contributed by atoms with E-state index in [1.54, 1.807) is 0 Å². The van der Waals surface area contributed by atoms with E-state index >= 15 is 0 Å². The summed E-state index contributed by atoms with van der Waals surface area (Å²) >= 11 is 0. The van der Waals surface area contributed by atoms with E-state index in [9.17, 15) is 0 Å². The van der Waals surface area contributed by atoms with Gasteiger partial charge in [-0.1, -0.05) is 6.92 Å². The van der Waals surface area contributed by atoms with Crippen molar-refractivity contribution >= 4 is 5.82 Å². The van der Waals surface area contributed by atoms with E-state index in [1.807, 2.05) is 13.2 Å². The Morgan fingerprint density at radius 3 is 3.00 bits per heavy atom. The van der Waals surface area contributed by atoms with Gasteiger partial charge in [0, 0.05) is 31.9 Å². The third-order valence-corrected chi connectivity index (χ3v) is 3.87. The normalized spacial score (nSPS) is 25.1. The van der Waals surface area contributed by atoms with E-state index in [0.29, 0.717) is 6.04 Å². The highest BCUT2D eigenvalue weighted by Gasteiger charge is 2.28. The Bertz CT molecular complexity index is 364. The second-order valence-corrected chi connectivity index (χ2v) is 4.96. The topological polar surface area (TPSA) is 28.2 Å². The standard InChI is InChI=1S/C14H23N3/c1-4-13-6-5-11(2)17(13)10-12-7-8-16-14(9-12)15-3/h7-9,11,13H,4-6,10H2,1-3H3,(H,15,16). The number of rotatable bonds is 4. The maximum absolute atomic E-state index is 4.26. The Labute approximate surface area is 104 Å². The molecule has 0 bridgehead atoms. The summed E-state index contributed by atoms with van der Waals surface area (Å²) in [5, 5.41) is 3.10. The lowest BCUT2D eigenvalue weighted by Crippen LogP contribution is -2.33. The van der Waals surface area contributed by atoms with Crippen molar-refractivity contribution in [1.29, 1.82) is 0 Å². The largest absolute Gasteiger partial charge is 0.373 e. The summed E-state index contributed by atoms with van der Waals surface area (Å²) in [6.45, 7) is 5.69. The number of pyridine rings is 1. The third-order valence-electron chi connectivity index (χ3n) is 3.87. The van der Waals surface area contributed by atoms with E-state index in [4.69, 9.17) is 0 Å². The molecule has 94 valence electrons. The second kappa shape index (κ2) is 5.50. The zero-order chi connectivity index (χ0) is 12.3. The van der Waals surface area contributed by atoms with E-state index in [1.165, 1.54) is 24.8 Å². The van der Waals surface area contributed by atoms with Crippen LogP contribution in [0.15, 0.2) is 18.3 Å². The molecule has 17 heavy (non-hydrogen) atoms. The molecule has 1 aromatic heterocycles. The van der Waals surface area contributed by atoms with Gasteiger partial charge in [-0.25, -0.2) is 4.98 Å². The molecule has 0 radical (unpaired) electrons. The van der Waals surface area contributed by atoms with Crippen LogP contribution in [0.2, 0.25) is 0 Å². The molecule has 0 spiro atoms. The summed E-state index contributed by atoms with van der Waals surface area (Å²) < 4.78 is 0. The summed E-state index contributed by atoms with van der Waals surface area (Å²) in [5.74, 6) is 0.961. The molecule has 0 aliphatic carbocycles. The van der Waals surface area contributed by atoms with Crippen LogP contribution in [0.4, 0.5) is 5.82 Å². The number of anilines is 1. The first-order valence-electron chi connectivity index (χ1n) is 6.63. The number of hydrogen-bond acceptors (Lipinski definition) is 3. The Morgan fingerprint density at radius 1 is 1.47 bits per heavy atom. The van der Waals surface area contributed by atoms with Crippen molar-refractivity contribution in [2.75, 3.05) is 12.4 Å². The molecule has 2 atom stereocenters. The number of aromatic nitrogens is 1. The van der Waals surface area contributed by atoms with Crippen molar-refractivity contribution in [3.8, 4) is 0 Å². The van der Waals surface area contributed by atoms with Gasteiger partial charge in [0.2, 0.25) is 0 Å². The Morgan fingerprint density at radius 2 is 2.29 bits per heavy atom. The highest BCUT2D eigenvalue weighted by Crippen LogP contribution is 2.27. The fourth-order valence-electron chi connectivity index (χ4n) is 2.77. The second-order valence-electron chi connectivity index (χ2n) is 4.96. The molecule has 1 aliphatic rings. The minimum atomic E-state index is 0.714. The molecular weight excluding hydrogens is 210 g/mol. The van der Waals surface area contributed by atoms with Gasteiger partial charge < -0.3 is 5.32 Å². The van der Waals surface area contributed by atoms with Gasteiger partial charge in [0.05, 0.1) is 0 Å². The van der Waals surface area contributed by atoms with Gasteiger partial charge in [-0.15, -0.1) is 0 Å². The van der Waals surface area contributed by atoms with Gasteiger partial charge in [0.25, 0.3) is 0 Å². The van der Waals surface area contributed by atoms with Crippen molar-refractivity contribution in [1.82, 2.24) is 9.88 Å². The lowest BCUT2D eigenvalue weighted by atomic mass is 10.1. The van der Waals surface area contributed by atoms with E-state index < -0.39 is 0 Å². The molecule has 1 aromatic rings. The van der Waals surface area contributed by atoms with Crippen LogP contribution in [0.1, 0.15) is 38.7 Å². The summed E-state index contributed by atoms with van der Waals surface area (Å²) in [5.41, 5.74) is 1.36. The van der Waals surface area contributed by atoms with Crippen molar-refractivity contribution in [3.05, 3.63) is 23.9 Å². The fraction of sp³-hybridized carbons (Fsp3) is 0.643. The van der Waals surface area contributed by atoms with E-state index in [2.05, 4.69) is 41.2 Å². The first-order valence-corrected chi connectivity index (χ1v) is 6.63. The predicted octanol–water partition coefficient (Wildman–Crippen LogP) is 2.89. The summed E-state index contributed by atoms with van der Waals surface area (Å²) in [6, 6.07) is 5.75. The third kappa shape index (κ3) is 2.78. The molecule has 0 saturated carbocycles. The Hall–Kier alpha value is -1.09. The lowest BCUT2D eigenvalue weighted by molar-refractivity contribution is 0.189. The molecule has 2 rings (SSSR count). The SMILES string of the molecule is CCC1CCC(C)N1Cc1ccnc(NC)c1. The number of nitrogens with zero attached hydrogens (tertiary/aromatic N) is 2. The first-order chi connectivity index (χ1) is 8.24. The fourth-order valence-corrected chi connectivity index (χ4v) is 2.77. The van der Waals surface area contributed by atoms with Gasteiger partial charge in [0.1, 0.15) is 5.82 Å². The Balaban J connectivity index is 2.08. The van der Waals surface area contributed by atoms with Gasteiger partial charge in [-0.3, -0.25) is 4.90 Å². The van der Waals surface area contributed by atoms with Crippen LogP contribution < -0.4 is 5.32 Å². The van der Waals surface area contributed by atoms with Crippen LogP contribution in [-0.2, 0) is 6.54 Å². The zero-order valence-electron chi connectivity index (χ0n) is 11.1. The molecule has 3 heteroatoms. The van der Waals surface area contributed by atoms with Crippen LogP contribution in [0.25, 0.3) is 0 Å². The minimum absolute atomic E-state index is 0.714. The average molecular weight is 233 g/mol. The highest BCUT2D eigenvalue weighted by molar-refractivity contribution is 5.36. The molecule has 1 saturated heterocycles. The van der Waals surface area contributed by atoms with Crippen LogP contribution in [0.3, 0.4) is 0 Å². The molecule has 1 N–H and O–H groups in total. The van der Waals surface area contributed by atoms with Gasteiger partial charge in [0.15, 0.2) is 0 Å². The summed E-state index contributed by atoms with van der Waals surface area (Å²) in [6.07, 6.45) is 5.83. The number of hydrogen-bond donors (Lipinski definition) is 1. The number of likely N-dealkylation sites (tertiary alicyclic amines) is 1. The predicted molar refractivity (Wildman–Crippen MR) is 72.1 cm³/mol. The monoisotopic (exact) mass is 233 g/mol. The molecule has 0 amide bonds. The number of nitrogens with one attached hydrogen (secondary N) is 1. The average Bonchev–Trinajstić information content (AvgIpc) is 2.71. The minimum Gasteiger partial charge on any atom is -0.373 e. The molecular formula is C14H23N3. The lowest BCUT2D eigenvalue weighted by Gasteiger charge is -2.27. The molecule has 2 unspecified atom stereocenters. The van der Waals surface area contributed by atoms with Crippen LogP contribution in [-0.4, -0.2) is 29.0 Å². The van der Waals surface area contributed by atoms with Crippen molar-refractivity contribution in [3.63, 3.8) is 0 Å². The van der Waals surface area contributed by atoms with Crippen molar-refractivity contribution < 1.29 is 0 Å². The molecule has 3 nitrogen and oxygen atoms in total. The molecule has 1 fully saturated rings. The smallest absolute Gasteiger partial charge is 0.125 e. The molecule has 2 heterocycles. The zero-order valence-corrected chi connectivity index (χ0v) is 11.1. The van der Waals surface area contributed by atoms with Gasteiger partial charge >= 0.3 is 0 Å². The van der Waals surface area contributed by atoms with Gasteiger partial charge in [-0.05, 0) is 43.9 Å². The highest BCUT2D eigenvalue weighted by atomic mass is 15.2. The van der Waals surface area contributed by atoms with Gasteiger partial charge in [-0.2, -0.15) is 0 Å². The Kier molecular flexibility index (Phi) is 4.00. The quantitative estimate of drug-likeness (QED) is 0.866. The van der Waals surface area contributed by atoms with E-state index in [0.717, 1.165) is 18.4 Å². The van der Waals surface area contributed by atoms with E-state index in [-0.39, 0.29) is 0 Å². The van der Waals surface area contributed by atoms with Crippen LogP contribution in [0.5, 0.6) is 0 Å². The van der Waals surface area contributed by atoms with Crippen molar-refractivity contribution in [2.45, 2.75) is 51.7 Å². The van der Waals surface area contributed by atoms with Crippen molar-refractivity contribution in [2.24, 2.45) is 0 Å². The van der Waals surface area contributed by atoms with Crippen LogP contribution in [0, 0.1) is 0 Å². The van der Waals surface area contributed by atoms with Crippen LogP contribution >= 0.6 is 0 Å². The maximum atomic E-state index is 4.26. The molecule has 1 aliphatic heterocycles.